The minimum atomic E-state index is 1.07. The van der Waals surface area contributed by atoms with Crippen LogP contribution in [0.5, 0.6) is 0 Å². The van der Waals surface area contributed by atoms with Crippen LogP contribution in [0, 0.1) is 0 Å². The van der Waals surface area contributed by atoms with Crippen LogP contribution in [0.2, 0.25) is 0 Å². The van der Waals surface area contributed by atoms with Gasteiger partial charge in [-0.05, 0) is 6.92 Å². The fourth-order valence-corrected chi connectivity index (χ4v) is 0.913. The average molecular weight is 127 g/mol. The molecule has 0 aromatic heterocycles. The number of allylic oxidation sites excluding steroid dienone is 1. The molecule has 0 amide bonds. The van der Waals surface area contributed by atoms with Gasteiger partial charge in [-0.1, -0.05) is 18.3 Å². The van der Waals surface area contributed by atoms with E-state index in [0.29, 0.717) is 0 Å². The van der Waals surface area contributed by atoms with E-state index in [2.05, 4.69) is 4.90 Å². The first-order valence-corrected chi connectivity index (χ1v) is 3.17. The highest BCUT2D eigenvalue weighted by Crippen LogP contribution is 2.10. The number of hydrogen-bond acceptors (Lipinski definition) is 1. The van der Waals surface area contributed by atoms with E-state index in [1.54, 1.807) is 0 Å². The summed E-state index contributed by atoms with van der Waals surface area (Å²) in [7, 11) is 0. The smallest absolute Gasteiger partial charge is 0.0836 e. The third-order valence-corrected chi connectivity index (χ3v) is 1.65. The SMILES string of the molecule is C/C=C/N1CCC1=S. The number of hydrogen-bond donors (Lipinski definition) is 0. The molecular weight excluding hydrogens is 118 g/mol. The second-order valence-corrected chi connectivity index (χ2v) is 2.29. The lowest BCUT2D eigenvalue weighted by Crippen LogP contribution is -2.37. The Morgan fingerprint density at radius 3 is 2.62 bits per heavy atom. The molecule has 1 aliphatic rings. The summed E-state index contributed by atoms with van der Waals surface area (Å²) in [6, 6.07) is 0. The van der Waals surface area contributed by atoms with Crippen LogP contribution in [-0.2, 0) is 0 Å². The molecule has 44 valence electrons. The molecule has 0 saturated carbocycles. The van der Waals surface area contributed by atoms with Gasteiger partial charge in [-0.3, -0.25) is 0 Å². The summed E-state index contributed by atoms with van der Waals surface area (Å²) in [4.78, 5) is 3.15. The molecule has 0 N–H and O–H groups in total. The Kier molecular flexibility index (Phi) is 1.63. The lowest BCUT2D eigenvalue weighted by molar-refractivity contribution is 0.490. The molecule has 0 aromatic rings. The van der Waals surface area contributed by atoms with Gasteiger partial charge in [-0.2, -0.15) is 0 Å². The fourth-order valence-electron chi connectivity index (χ4n) is 0.670. The summed E-state index contributed by atoms with van der Waals surface area (Å²) in [5.41, 5.74) is 0. The Balaban J connectivity index is 2.38. The van der Waals surface area contributed by atoms with Crippen LogP contribution in [0.1, 0.15) is 13.3 Å². The molecule has 1 saturated heterocycles. The number of nitrogens with zero attached hydrogens (tertiary/aromatic N) is 1. The van der Waals surface area contributed by atoms with Crippen molar-refractivity contribution in [1.29, 1.82) is 0 Å². The predicted octanol–water partition coefficient (Wildman–Crippen LogP) is 1.55. The van der Waals surface area contributed by atoms with Gasteiger partial charge in [-0.15, -0.1) is 0 Å². The maximum atomic E-state index is 4.95. The molecule has 1 aliphatic heterocycles. The minimum Gasteiger partial charge on any atom is -0.342 e. The van der Waals surface area contributed by atoms with Crippen molar-refractivity contribution in [3.05, 3.63) is 12.3 Å². The topological polar surface area (TPSA) is 3.24 Å². The van der Waals surface area contributed by atoms with E-state index in [0.717, 1.165) is 18.0 Å². The Morgan fingerprint density at radius 2 is 2.50 bits per heavy atom. The van der Waals surface area contributed by atoms with Crippen LogP contribution in [-0.4, -0.2) is 16.4 Å². The van der Waals surface area contributed by atoms with Crippen molar-refractivity contribution in [3.63, 3.8) is 0 Å². The van der Waals surface area contributed by atoms with Crippen LogP contribution in [0.25, 0.3) is 0 Å². The van der Waals surface area contributed by atoms with Crippen LogP contribution in [0.15, 0.2) is 12.3 Å². The van der Waals surface area contributed by atoms with Gasteiger partial charge in [0.15, 0.2) is 0 Å². The van der Waals surface area contributed by atoms with Crippen LogP contribution in [0.3, 0.4) is 0 Å². The molecule has 0 spiro atoms. The highest BCUT2D eigenvalue weighted by Gasteiger charge is 2.15. The van der Waals surface area contributed by atoms with E-state index in [4.69, 9.17) is 12.2 Å². The van der Waals surface area contributed by atoms with Crippen molar-refractivity contribution in [2.75, 3.05) is 6.54 Å². The van der Waals surface area contributed by atoms with E-state index in [1.807, 2.05) is 19.2 Å². The van der Waals surface area contributed by atoms with Gasteiger partial charge in [0.2, 0.25) is 0 Å². The highest BCUT2D eigenvalue weighted by molar-refractivity contribution is 7.80. The van der Waals surface area contributed by atoms with Gasteiger partial charge >= 0.3 is 0 Å². The molecule has 2 heteroatoms. The predicted molar refractivity (Wildman–Crippen MR) is 38.7 cm³/mol. The summed E-state index contributed by atoms with van der Waals surface area (Å²) < 4.78 is 0. The van der Waals surface area contributed by atoms with Gasteiger partial charge in [0.1, 0.15) is 0 Å². The van der Waals surface area contributed by atoms with Crippen molar-refractivity contribution in [2.45, 2.75) is 13.3 Å². The second kappa shape index (κ2) is 2.27. The van der Waals surface area contributed by atoms with E-state index < -0.39 is 0 Å². The lowest BCUT2D eigenvalue weighted by atomic mass is 10.2. The van der Waals surface area contributed by atoms with Crippen LogP contribution < -0.4 is 0 Å². The maximum absolute atomic E-state index is 4.95. The molecule has 1 nitrogen and oxygen atoms in total. The van der Waals surface area contributed by atoms with Crippen molar-refractivity contribution in [2.24, 2.45) is 0 Å². The van der Waals surface area contributed by atoms with Gasteiger partial charge in [0.25, 0.3) is 0 Å². The number of thiocarbonyl (C=S) groups is 1. The standard InChI is InChI=1S/C6H9NS/c1-2-4-7-5-3-6(7)8/h2,4H,3,5H2,1H3/b4-2+. The monoisotopic (exact) mass is 127 g/mol. The molecule has 1 fully saturated rings. The molecule has 0 radical (unpaired) electrons. The van der Waals surface area contributed by atoms with Crippen molar-refractivity contribution in [1.82, 2.24) is 4.90 Å². The number of likely N-dealkylation sites (tertiary alicyclic amines) is 1. The van der Waals surface area contributed by atoms with Crippen molar-refractivity contribution < 1.29 is 0 Å². The molecule has 0 aromatic carbocycles. The zero-order valence-electron chi connectivity index (χ0n) is 4.92. The van der Waals surface area contributed by atoms with Crippen LogP contribution in [0.4, 0.5) is 0 Å². The largest absolute Gasteiger partial charge is 0.342 e. The fraction of sp³-hybridized carbons (Fsp3) is 0.500. The first kappa shape index (κ1) is 5.76. The normalized spacial score (nSPS) is 19.6. The molecular formula is C6H9NS. The molecule has 0 atom stereocenters. The minimum absolute atomic E-state index is 1.07. The second-order valence-electron chi connectivity index (χ2n) is 1.82. The van der Waals surface area contributed by atoms with Crippen molar-refractivity contribution >= 4 is 17.2 Å². The summed E-state index contributed by atoms with van der Waals surface area (Å²) >= 11 is 4.95. The molecule has 0 unspecified atom stereocenters. The highest BCUT2D eigenvalue weighted by atomic mass is 32.1. The van der Waals surface area contributed by atoms with E-state index >= 15 is 0 Å². The van der Waals surface area contributed by atoms with Gasteiger partial charge in [0.05, 0.1) is 4.99 Å². The first-order chi connectivity index (χ1) is 3.84. The Hall–Kier alpha value is -0.370. The first-order valence-electron chi connectivity index (χ1n) is 2.77. The Labute approximate surface area is 55.0 Å². The van der Waals surface area contributed by atoms with Gasteiger partial charge in [-0.25, -0.2) is 0 Å². The van der Waals surface area contributed by atoms with E-state index in [-0.39, 0.29) is 0 Å². The Morgan fingerprint density at radius 1 is 1.75 bits per heavy atom. The van der Waals surface area contributed by atoms with Gasteiger partial charge < -0.3 is 4.90 Å². The van der Waals surface area contributed by atoms with Gasteiger partial charge in [0, 0.05) is 19.2 Å². The van der Waals surface area contributed by atoms with E-state index in [1.165, 1.54) is 0 Å². The zero-order chi connectivity index (χ0) is 5.98. The maximum Gasteiger partial charge on any atom is 0.0836 e. The molecule has 0 bridgehead atoms. The number of rotatable bonds is 1. The third-order valence-electron chi connectivity index (χ3n) is 1.22. The van der Waals surface area contributed by atoms with Crippen molar-refractivity contribution in [3.8, 4) is 0 Å². The van der Waals surface area contributed by atoms with Crippen LogP contribution >= 0.6 is 12.2 Å². The molecule has 1 rings (SSSR count). The molecule has 1 heterocycles. The molecule has 0 aliphatic carbocycles. The lowest BCUT2D eigenvalue weighted by Gasteiger charge is -2.29. The Bertz CT molecular complexity index is 128. The average Bonchev–Trinajstić information content (AvgIpc) is 1.79. The summed E-state index contributed by atoms with van der Waals surface area (Å²) in [6.07, 6.45) is 5.12. The molecule has 8 heavy (non-hydrogen) atoms. The summed E-state index contributed by atoms with van der Waals surface area (Å²) in [6.45, 7) is 3.12. The van der Waals surface area contributed by atoms with E-state index in [9.17, 15) is 0 Å². The third kappa shape index (κ3) is 0.892. The summed E-state index contributed by atoms with van der Waals surface area (Å²) in [5.74, 6) is 0. The quantitative estimate of drug-likeness (QED) is 0.492. The summed E-state index contributed by atoms with van der Waals surface area (Å²) in [5, 5.41) is 0. The zero-order valence-corrected chi connectivity index (χ0v) is 5.74.